The zero-order valence-corrected chi connectivity index (χ0v) is 24.5. The van der Waals surface area contributed by atoms with E-state index < -0.39 is 26.7 Å². The normalized spacial score (nSPS) is 15.1. The molecule has 0 spiro atoms. The van der Waals surface area contributed by atoms with Crippen LogP contribution in [0.5, 0.6) is 0 Å². The molecule has 0 heterocycles. The Kier molecular flexibility index (Phi) is 15.9. The van der Waals surface area contributed by atoms with Crippen LogP contribution in [0.2, 0.25) is 33.0 Å². The first-order chi connectivity index (χ1) is 13.2. The van der Waals surface area contributed by atoms with E-state index in [4.69, 9.17) is 16.0 Å². The van der Waals surface area contributed by atoms with Crippen LogP contribution in [0.3, 0.4) is 0 Å². The molecule has 4 heteroatoms. The van der Waals surface area contributed by atoms with Crippen LogP contribution in [0, 0.1) is 0 Å². The van der Waals surface area contributed by atoms with Crippen molar-refractivity contribution in [3.8, 4) is 0 Å². The van der Waals surface area contributed by atoms with Gasteiger partial charge in [0.05, 0.1) is 0 Å². The molecule has 1 atom stereocenters. The molecule has 0 aromatic carbocycles. The molecule has 1 unspecified atom stereocenters. The van der Waals surface area contributed by atoms with Crippen LogP contribution in [-0.2, 0) is 4.43 Å². The van der Waals surface area contributed by atoms with Crippen LogP contribution in [0.4, 0.5) is 0 Å². The summed E-state index contributed by atoms with van der Waals surface area (Å²) in [4.78, 5) is 0. The van der Waals surface area contributed by atoms with Gasteiger partial charge in [0.1, 0.15) is 0 Å². The molecule has 0 radical (unpaired) electrons. The van der Waals surface area contributed by atoms with E-state index >= 15 is 0 Å². The fourth-order valence-electron chi connectivity index (χ4n) is 4.12. The summed E-state index contributed by atoms with van der Waals surface area (Å²) in [5.74, 6) is 0.695. The van der Waals surface area contributed by atoms with Gasteiger partial charge in [0.25, 0.3) is 0 Å². The van der Waals surface area contributed by atoms with Gasteiger partial charge in [0, 0.05) is 0 Å². The van der Waals surface area contributed by atoms with E-state index in [9.17, 15) is 0 Å². The van der Waals surface area contributed by atoms with Gasteiger partial charge in [-0.05, 0) is 0 Å². The van der Waals surface area contributed by atoms with Crippen molar-refractivity contribution < 1.29 is 4.43 Å². The second-order valence-electron chi connectivity index (χ2n) is 9.56. The number of halogens is 1. The quantitative estimate of drug-likeness (QED) is 0.0966. The van der Waals surface area contributed by atoms with E-state index in [1.54, 1.807) is 0 Å². The van der Waals surface area contributed by atoms with Gasteiger partial charge >= 0.3 is 189 Å². The van der Waals surface area contributed by atoms with E-state index in [1.807, 2.05) is 0 Å². The molecule has 166 valence electrons. The first-order valence-electron chi connectivity index (χ1n) is 11.8. The Morgan fingerprint density at radius 3 is 1.79 bits per heavy atom. The molecule has 0 amide bonds. The van der Waals surface area contributed by atoms with Crippen LogP contribution < -0.4 is 0 Å². The van der Waals surface area contributed by atoms with Gasteiger partial charge in [-0.2, -0.15) is 0 Å². The number of unbranched alkanes of at least 4 members (excludes halogenated alkanes) is 3. The summed E-state index contributed by atoms with van der Waals surface area (Å²) in [6.07, 6.45) is 15.8. The summed E-state index contributed by atoms with van der Waals surface area (Å²) in [5.41, 5.74) is -0.228. The molecule has 0 aliphatic carbocycles. The summed E-state index contributed by atoms with van der Waals surface area (Å²) in [5, 5.41) is 0. The van der Waals surface area contributed by atoms with Gasteiger partial charge in [0.15, 0.2) is 0 Å². The van der Waals surface area contributed by atoms with Gasteiger partial charge in [0.2, 0.25) is 0 Å². The Morgan fingerprint density at radius 2 is 1.43 bits per heavy atom. The molecule has 0 N–H and O–H groups in total. The van der Waals surface area contributed by atoms with Crippen LogP contribution in [-0.4, -0.2) is 38.2 Å². The Labute approximate surface area is 187 Å². The van der Waals surface area contributed by atoms with Crippen LogP contribution in [0.15, 0.2) is 22.8 Å². The molecule has 0 aromatic heterocycles. The van der Waals surface area contributed by atoms with Crippen molar-refractivity contribution in [3.63, 3.8) is 0 Å². The maximum atomic E-state index is 6.67. The minimum atomic E-state index is -2.22. The van der Waals surface area contributed by atoms with E-state index in [0.29, 0.717) is 5.88 Å². The van der Waals surface area contributed by atoms with Crippen LogP contribution in [0.1, 0.15) is 78.6 Å². The molecule has 0 aliphatic rings. The van der Waals surface area contributed by atoms with Gasteiger partial charge in [-0.3, -0.25) is 0 Å². The third-order valence-electron chi connectivity index (χ3n) is 5.63. The van der Waals surface area contributed by atoms with E-state index in [1.165, 1.54) is 51.8 Å². The molecule has 1 nitrogen and oxygen atoms in total. The SMILES string of the molecule is C=CC(CC=[CH][Sn]([CH2]CCC)([CH2]CCC)[CH2]CCC)(CCCCl)O[Si](C)(C)C. The predicted octanol–water partition coefficient (Wildman–Crippen LogP) is 9.12. The van der Waals surface area contributed by atoms with Crippen LogP contribution in [0.25, 0.3) is 0 Å². The second kappa shape index (κ2) is 15.5. The molecule has 0 rings (SSSR count). The maximum absolute atomic E-state index is 6.67. The average Bonchev–Trinajstić information content (AvgIpc) is 2.65. The summed E-state index contributed by atoms with van der Waals surface area (Å²) < 4.78 is 14.0. The Balaban J connectivity index is 5.52. The molecule has 0 aliphatic heterocycles. The standard InChI is InChI=1S/C12H22ClOSi.3C4H9.Sn/c1-6-9-12(7-2,10-8-11-13)14-15(3,4)5;3*1-3-4-2;/h1,6-7H,2,8-11H2,3-5H3;3*1,3-4H2,2H3;. The third-order valence-corrected chi connectivity index (χ3v) is 21.2. The molecule has 0 saturated carbocycles. The Morgan fingerprint density at radius 1 is 0.929 bits per heavy atom. The molecule has 0 saturated heterocycles. The van der Waals surface area contributed by atoms with Crippen molar-refractivity contribution in [2.24, 2.45) is 0 Å². The van der Waals surface area contributed by atoms with Crippen molar-refractivity contribution in [2.75, 3.05) is 5.88 Å². The summed E-state index contributed by atoms with van der Waals surface area (Å²) >= 11 is 3.81. The summed E-state index contributed by atoms with van der Waals surface area (Å²) in [6, 6.07) is 0. The molecular weight excluding hydrogens is 487 g/mol. The molecular formula is C24H49ClOSiSn. The number of rotatable bonds is 18. The van der Waals surface area contributed by atoms with Crippen molar-refractivity contribution in [1.29, 1.82) is 0 Å². The van der Waals surface area contributed by atoms with Crippen molar-refractivity contribution in [3.05, 3.63) is 22.8 Å². The van der Waals surface area contributed by atoms with Gasteiger partial charge in [-0.25, -0.2) is 0 Å². The number of hydrogen-bond donors (Lipinski definition) is 0. The summed E-state index contributed by atoms with van der Waals surface area (Å²) in [7, 11) is -1.65. The fourth-order valence-corrected chi connectivity index (χ4v) is 20.1. The van der Waals surface area contributed by atoms with E-state index in [0.717, 1.165) is 19.3 Å². The average molecular weight is 536 g/mol. The topological polar surface area (TPSA) is 9.23 Å². The minimum absolute atomic E-state index is 0.228. The van der Waals surface area contributed by atoms with Crippen LogP contribution >= 0.6 is 11.6 Å². The van der Waals surface area contributed by atoms with Gasteiger partial charge in [-0.15, -0.1) is 0 Å². The van der Waals surface area contributed by atoms with Crippen molar-refractivity contribution >= 4 is 38.3 Å². The summed E-state index contributed by atoms with van der Waals surface area (Å²) in [6.45, 7) is 18.0. The van der Waals surface area contributed by atoms with E-state index in [-0.39, 0.29) is 5.60 Å². The first-order valence-corrected chi connectivity index (χ1v) is 23.4. The predicted molar refractivity (Wildman–Crippen MR) is 136 cm³/mol. The monoisotopic (exact) mass is 536 g/mol. The van der Waals surface area contributed by atoms with Crippen molar-refractivity contribution in [1.82, 2.24) is 0 Å². The van der Waals surface area contributed by atoms with Gasteiger partial charge < -0.3 is 0 Å². The molecule has 28 heavy (non-hydrogen) atoms. The zero-order chi connectivity index (χ0) is 21.5. The fraction of sp³-hybridized carbons (Fsp3) is 0.833. The second-order valence-corrected chi connectivity index (χ2v) is 27.4. The van der Waals surface area contributed by atoms with E-state index in [2.05, 4.69) is 63.2 Å². The molecule has 0 bridgehead atoms. The Bertz CT molecular complexity index is 411. The number of alkyl halides is 1. The Hall–Kier alpha value is 0.746. The zero-order valence-electron chi connectivity index (χ0n) is 19.9. The van der Waals surface area contributed by atoms with Crippen molar-refractivity contribution in [2.45, 2.75) is 117 Å². The van der Waals surface area contributed by atoms with Gasteiger partial charge in [-0.1, -0.05) is 0 Å². The molecule has 0 fully saturated rings. The molecule has 0 aromatic rings. The number of hydrogen-bond acceptors (Lipinski definition) is 1. The third kappa shape index (κ3) is 12.4. The first kappa shape index (κ1) is 28.7.